The molecule has 3 nitrogen and oxygen atoms in total. The lowest BCUT2D eigenvalue weighted by molar-refractivity contribution is 0.236. The first kappa shape index (κ1) is 13.6. The highest BCUT2D eigenvalue weighted by molar-refractivity contribution is 5.91. The normalized spacial score (nSPS) is 25.8. The molecule has 0 saturated carbocycles. The lowest BCUT2D eigenvalue weighted by atomic mass is 9.97. The molecule has 0 aromatic heterocycles. The Bertz CT molecular complexity index is 476. The van der Waals surface area contributed by atoms with Gasteiger partial charge in [0.1, 0.15) is 5.84 Å². The minimum atomic E-state index is 0.175. The van der Waals surface area contributed by atoms with Gasteiger partial charge >= 0.3 is 0 Å². The van der Waals surface area contributed by atoms with Crippen LogP contribution in [0.2, 0.25) is 0 Å². The van der Waals surface area contributed by atoms with E-state index >= 15 is 0 Å². The van der Waals surface area contributed by atoms with E-state index in [1.807, 2.05) is 6.20 Å². The molecule has 0 aromatic rings. The summed E-state index contributed by atoms with van der Waals surface area (Å²) >= 11 is 0. The van der Waals surface area contributed by atoms with Crippen LogP contribution in [0, 0.1) is 11.8 Å². The zero-order chi connectivity index (χ0) is 13.7. The fourth-order valence-corrected chi connectivity index (χ4v) is 2.67. The van der Waals surface area contributed by atoms with Gasteiger partial charge in [-0.1, -0.05) is 24.0 Å². The second kappa shape index (κ2) is 6.38. The third-order valence-electron chi connectivity index (χ3n) is 3.83. The summed E-state index contributed by atoms with van der Waals surface area (Å²) in [6, 6.07) is 0.586. The van der Waals surface area contributed by atoms with E-state index in [0.717, 1.165) is 38.1 Å². The van der Waals surface area contributed by atoms with Crippen molar-refractivity contribution in [3.05, 3.63) is 24.4 Å². The standard InChI is InChI=1S/C16H21N3/c1-4-19-13(2)16(17-3)18-12-15(19)11-10-14-8-6-5-7-9-14/h4,9,13,15H,1,3,6,8,10-12H2,2H3. The van der Waals surface area contributed by atoms with Gasteiger partial charge in [0.25, 0.3) is 0 Å². The molecule has 100 valence electrons. The van der Waals surface area contributed by atoms with E-state index in [1.165, 1.54) is 5.57 Å². The van der Waals surface area contributed by atoms with Gasteiger partial charge in [-0.2, -0.15) is 0 Å². The summed E-state index contributed by atoms with van der Waals surface area (Å²) < 4.78 is 0. The molecule has 0 bridgehead atoms. The molecule has 1 aliphatic carbocycles. The maximum absolute atomic E-state index is 4.52. The van der Waals surface area contributed by atoms with E-state index in [2.05, 4.69) is 53.0 Å². The van der Waals surface area contributed by atoms with Crippen LogP contribution in [0.15, 0.2) is 34.4 Å². The number of nitrogens with zero attached hydrogens (tertiary/aromatic N) is 3. The SMILES string of the molecule is C=CN1C(CCC2=CC#CCC2)CN=C(N=C)C1C. The highest BCUT2D eigenvalue weighted by Gasteiger charge is 2.27. The number of amidine groups is 1. The molecule has 2 aliphatic rings. The molecule has 0 amide bonds. The van der Waals surface area contributed by atoms with Crippen LogP contribution >= 0.6 is 0 Å². The molecule has 1 aliphatic heterocycles. The Balaban J connectivity index is 1.98. The predicted molar refractivity (Wildman–Crippen MR) is 81.5 cm³/mol. The van der Waals surface area contributed by atoms with E-state index < -0.39 is 0 Å². The van der Waals surface area contributed by atoms with Gasteiger partial charge in [-0.25, -0.2) is 4.99 Å². The zero-order valence-corrected chi connectivity index (χ0v) is 11.6. The van der Waals surface area contributed by atoms with Crippen molar-refractivity contribution in [3.8, 4) is 11.8 Å². The third kappa shape index (κ3) is 3.14. The van der Waals surface area contributed by atoms with Gasteiger partial charge < -0.3 is 4.90 Å². The molecule has 19 heavy (non-hydrogen) atoms. The van der Waals surface area contributed by atoms with Crippen molar-refractivity contribution < 1.29 is 0 Å². The Labute approximate surface area is 115 Å². The van der Waals surface area contributed by atoms with Crippen LogP contribution in [0.5, 0.6) is 0 Å². The average Bonchev–Trinajstić information content (AvgIpc) is 2.46. The molecular formula is C16H21N3. The first-order valence-electron chi connectivity index (χ1n) is 6.83. The second-order valence-electron chi connectivity index (χ2n) is 4.98. The second-order valence-corrected chi connectivity index (χ2v) is 4.98. The molecule has 1 heterocycles. The first-order chi connectivity index (χ1) is 9.26. The van der Waals surface area contributed by atoms with Crippen LogP contribution in [0.4, 0.5) is 0 Å². The first-order valence-corrected chi connectivity index (χ1v) is 6.83. The summed E-state index contributed by atoms with van der Waals surface area (Å²) in [4.78, 5) is 10.8. The highest BCUT2D eigenvalue weighted by Crippen LogP contribution is 2.22. The number of aliphatic imine (C=N–C) groups is 2. The number of hydrogen-bond donors (Lipinski definition) is 0. The molecule has 0 aromatic carbocycles. The molecule has 2 rings (SSSR count). The van der Waals surface area contributed by atoms with Crippen LogP contribution in [0.3, 0.4) is 0 Å². The fraction of sp³-hybridized carbons (Fsp3) is 0.500. The van der Waals surface area contributed by atoms with Crippen LogP contribution in [0.25, 0.3) is 0 Å². The molecule has 2 atom stereocenters. The molecule has 0 spiro atoms. The van der Waals surface area contributed by atoms with Gasteiger partial charge in [0.15, 0.2) is 0 Å². The molecule has 0 fully saturated rings. The summed E-state index contributed by atoms with van der Waals surface area (Å²) in [6.07, 6.45) is 8.30. The van der Waals surface area contributed by atoms with E-state index in [4.69, 9.17) is 0 Å². The van der Waals surface area contributed by atoms with Gasteiger partial charge in [0, 0.05) is 12.5 Å². The predicted octanol–water partition coefficient (Wildman–Crippen LogP) is 2.81. The minimum absolute atomic E-state index is 0.175. The quantitative estimate of drug-likeness (QED) is 0.561. The van der Waals surface area contributed by atoms with Crippen LogP contribution in [-0.2, 0) is 0 Å². The van der Waals surface area contributed by atoms with Crippen molar-refractivity contribution in [1.29, 1.82) is 0 Å². The Morgan fingerprint density at radius 2 is 2.47 bits per heavy atom. The Kier molecular flexibility index (Phi) is 4.57. The lowest BCUT2D eigenvalue weighted by Crippen LogP contribution is -2.47. The molecule has 3 heteroatoms. The van der Waals surface area contributed by atoms with Gasteiger partial charge in [-0.05, 0) is 45.2 Å². The average molecular weight is 255 g/mol. The van der Waals surface area contributed by atoms with Gasteiger partial charge in [0.2, 0.25) is 0 Å². The zero-order valence-electron chi connectivity index (χ0n) is 11.6. The van der Waals surface area contributed by atoms with Crippen molar-refractivity contribution >= 4 is 12.6 Å². The topological polar surface area (TPSA) is 28.0 Å². The van der Waals surface area contributed by atoms with Gasteiger partial charge in [-0.15, -0.1) is 0 Å². The molecular weight excluding hydrogens is 234 g/mol. The van der Waals surface area contributed by atoms with Crippen LogP contribution in [-0.4, -0.2) is 36.1 Å². The monoisotopic (exact) mass is 255 g/mol. The van der Waals surface area contributed by atoms with Crippen molar-refractivity contribution in [2.24, 2.45) is 9.98 Å². The molecule has 0 radical (unpaired) electrons. The molecule has 2 unspecified atom stereocenters. The van der Waals surface area contributed by atoms with E-state index in [1.54, 1.807) is 0 Å². The maximum Gasteiger partial charge on any atom is 0.145 e. The van der Waals surface area contributed by atoms with Gasteiger partial charge in [0.05, 0.1) is 12.6 Å². The summed E-state index contributed by atoms with van der Waals surface area (Å²) in [7, 11) is 0. The van der Waals surface area contributed by atoms with Crippen LogP contribution in [0.1, 0.15) is 32.6 Å². The molecule has 0 saturated heterocycles. The summed E-state index contributed by atoms with van der Waals surface area (Å²) in [6.45, 7) is 10.4. The summed E-state index contributed by atoms with van der Waals surface area (Å²) in [5, 5.41) is 0. The largest absolute Gasteiger partial charge is 0.363 e. The highest BCUT2D eigenvalue weighted by atomic mass is 15.2. The Morgan fingerprint density at radius 1 is 1.63 bits per heavy atom. The number of hydrogen-bond acceptors (Lipinski definition) is 3. The van der Waals surface area contributed by atoms with Crippen molar-refractivity contribution in [2.75, 3.05) is 6.54 Å². The van der Waals surface area contributed by atoms with Crippen molar-refractivity contribution in [3.63, 3.8) is 0 Å². The van der Waals surface area contributed by atoms with E-state index in [9.17, 15) is 0 Å². The van der Waals surface area contributed by atoms with Crippen LogP contribution < -0.4 is 0 Å². The smallest absolute Gasteiger partial charge is 0.145 e. The Hall–Kier alpha value is -1.82. The van der Waals surface area contributed by atoms with Gasteiger partial charge in [-0.3, -0.25) is 4.99 Å². The molecule has 0 N–H and O–H groups in total. The summed E-state index contributed by atoms with van der Waals surface area (Å²) in [5.41, 5.74) is 1.46. The Morgan fingerprint density at radius 3 is 3.11 bits per heavy atom. The fourth-order valence-electron chi connectivity index (χ4n) is 2.67. The summed E-state index contributed by atoms with van der Waals surface area (Å²) in [5.74, 6) is 6.99. The number of rotatable bonds is 4. The number of allylic oxidation sites excluding steroid dienone is 2. The maximum atomic E-state index is 4.52. The van der Waals surface area contributed by atoms with E-state index in [0.29, 0.717) is 6.04 Å². The van der Waals surface area contributed by atoms with Crippen molar-refractivity contribution in [1.82, 2.24) is 4.90 Å². The minimum Gasteiger partial charge on any atom is -0.363 e. The van der Waals surface area contributed by atoms with Crippen molar-refractivity contribution in [2.45, 2.75) is 44.7 Å². The van der Waals surface area contributed by atoms with E-state index in [-0.39, 0.29) is 6.04 Å². The third-order valence-corrected chi connectivity index (χ3v) is 3.83. The lowest BCUT2D eigenvalue weighted by Gasteiger charge is -2.38.